The fraction of sp³-hybridized carbons (Fsp3) is 0.368. The average Bonchev–Trinajstić information content (AvgIpc) is 2.54. The maximum Gasteiger partial charge on any atom is 0.264 e. The molecule has 24 heavy (non-hydrogen) atoms. The summed E-state index contributed by atoms with van der Waals surface area (Å²) >= 11 is 0. The van der Waals surface area contributed by atoms with Crippen LogP contribution in [0.3, 0.4) is 0 Å². The van der Waals surface area contributed by atoms with Gasteiger partial charge in [-0.2, -0.15) is 0 Å². The van der Waals surface area contributed by atoms with Gasteiger partial charge in [-0.15, -0.1) is 0 Å². The summed E-state index contributed by atoms with van der Waals surface area (Å²) in [5.74, 6) is 0.0151. The summed E-state index contributed by atoms with van der Waals surface area (Å²) in [6, 6.07) is 11.2. The normalized spacial score (nSPS) is 17.9. The number of aryl methyl sites for hydroxylation is 1. The largest absolute Gasteiger partial charge is 0.264 e. The van der Waals surface area contributed by atoms with Crippen molar-refractivity contribution in [1.82, 2.24) is 0 Å². The van der Waals surface area contributed by atoms with E-state index < -0.39 is 10.0 Å². The Morgan fingerprint density at radius 1 is 1.12 bits per heavy atom. The first kappa shape index (κ1) is 17.0. The first-order chi connectivity index (χ1) is 11.3. The van der Waals surface area contributed by atoms with Gasteiger partial charge in [0.15, 0.2) is 0 Å². The lowest BCUT2D eigenvalue weighted by Crippen LogP contribution is -2.42. The van der Waals surface area contributed by atoms with Crippen LogP contribution in [0, 0.1) is 5.82 Å². The molecule has 2 aromatic rings. The molecule has 0 bridgehead atoms. The monoisotopic (exact) mass is 347 g/mol. The van der Waals surface area contributed by atoms with Crippen molar-refractivity contribution in [1.29, 1.82) is 0 Å². The minimum Gasteiger partial charge on any atom is -0.263 e. The Bertz CT molecular complexity index is 844. The molecule has 1 aliphatic rings. The zero-order chi connectivity index (χ0) is 17.5. The maximum atomic E-state index is 13.5. The molecular formula is C19H22FNO2S. The van der Waals surface area contributed by atoms with E-state index in [9.17, 15) is 12.8 Å². The van der Waals surface area contributed by atoms with E-state index in [-0.39, 0.29) is 16.8 Å². The van der Waals surface area contributed by atoms with Crippen LogP contribution >= 0.6 is 0 Å². The lowest BCUT2D eigenvalue weighted by molar-refractivity contribution is 0.560. The molecule has 128 valence electrons. The Labute approximate surface area is 143 Å². The predicted molar refractivity (Wildman–Crippen MR) is 94.4 cm³/mol. The van der Waals surface area contributed by atoms with Crippen LogP contribution in [0.1, 0.15) is 44.2 Å². The number of hydrogen-bond acceptors (Lipinski definition) is 2. The lowest BCUT2D eigenvalue weighted by Gasteiger charge is -2.36. The van der Waals surface area contributed by atoms with Crippen molar-refractivity contribution in [3.8, 4) is 0 Å². The topological polar surface area (TPSA) is 37.4 Å². The molecule has 1 atom stereocenters. The molecule has 1 heterocycles. The molecule has 0 N–H and O–H groups in total. The summed E-state index contributed by atoms with van der Waals surface area (Å²) in [6.45, 7) is 6.04. The molecule has 2 aromatic carbocycles. The third-order valence-electron chi connectivity index (χ3n) is 4.61. The molecule has 0 radical (unpaired) electrons. The second kappa shape index (κ2) is 6.20. The highest BCUT2D eigenvalue weighted by Gasteiger charge is 2.33. The summed E-state index contributed by atoms with van der Waals surface area (Å²) in [7, 11) is -3.67. The second-order valence-corrected chi connectivity index (χ2v) is 8.50. The molecule has 0 saturated carbocycles. The molecule has 0 fully saturated rings. The number of halogens is 1. The standard InChI is InChI=1S/C19H22FNO2S/c1-13(2)15-6-9-18(10-7-15)24(22,23)21-14(3)4-5-16-12-17(20)8-11-19(16)21/h6-14H,4-5H2,1-3H3. The Kier molecular flexibility index (Phi) is 4.38. The first-order valence-corrected chi connectivity index (χ1v) is 9.67. The van der Waals surface area contributed by atoms with Crippen LogP contribution in [0.25, 0.3) is 0 Å². The van der Waals surface area contributed by atoms with Crippen LogP contribution in [0.4, 0.5) is 10.1 Å². The molecule has 1 unspecified atom stereocenters. The van der Waals surface area contributed by atoms with E-state index in [0.29, 0.717) is 24.4 Å². The minimum atomic E-state index is -3.67. The fourth-order valence-corrected chi connectivity index (χ4v) is 4.92. The highest BCUT2D eigenvalue weighted by molar-refractivity contribution is 7.92. The lowest BCUT2D eigenvalue weighted by atomic mass is 9.99. The number of rotatable bonds is 3. The highest BCUT2D eigenvalue weighted by atomic mass is 32.2. The smallest absolute Gasteiger partial charge is 0.263 e. The summed E-state index contributed by atoms with van der Waals surface area (Å²) in [5, 5.41) is 0. The SMILES string of the molecule is CC(C)c1ccc(S(=O)(=O)N2c3ccc(F)cc3CCC2C)cc1. The molecule has 0 aliphatic carbocycles. The van der Waals surface area contributed by atoms with Gasteiger partial charge in [-0.3, -0.25) is 4.31 Å². The van der Waals surface area contributed by atoms with Gasteiger partial charge in [0.1, 0.15) is 5.82 Å². The first-order valence-electron chi connectivity index (χ1n) is 8.23. The van der Waals surface area contributed by atoms with E-state index >= 15 is 0 Å². The highest BCUT2D eigenvalue weighted by Crippen LogP contribution is 2.35. The van der Waals surface area contributed by atoms with Gasteiger partial charge in [0.2, 0.25) is 0 Å². The van der Waals surface area contributed by atoms with Crippen LogP contribution in [0.5, 0.6) is 0 Å². The van der Waals surface area contributed by atoms with Crippen LogP contribution < -0.4 is 4.31 Å². The van der Waals surface area contributed by atoms with Crippen LogP contribution in [-0.4, -0.2) is 14.5 Å². The van der Waals surface area contributed by atoms with Crippen LogP contribution in [0.15, 0.2) is 47.4 Å². The number of nitrogens with zero attached hydrogens (tertiary/aromatic N) is 1. The van der Waals surface area contributed by atoms with E-state index in [4.69, 9.17) is 0 Å². The Morgan fingerprint density at radius 3 is 2.42 bits per heavy atom. The van der Waals surface area contributed by atoms with Gasteiger partial charge >= 0.3 is 0 Å². The molecule has 1 aliphatic heterocycles. The zero-order valence-corrected chi connectivity index (χ0v) is 15.0. The molecule has 3 nitrogen and oxygen atoms in total. The van der Waals surface area contributed by atoms with Crippen molar-refractivity contribution in [2.75, 3.05) is 4.31 Å². The average molecular weight is 347 g/mol. The van der Waals surface area contributed by atoms with Crippen molar-refractivity contribution in [2.24, 2.45) is 0 Å². The summed E-state index contributed by atoms with van der Waals surface area (Å²) in [6.07, 6.45) is 1.37. The third kappa shape index (κ3) is 2.93. The quantitative estimate of drug-likeness (QED) is 0.821. The van der Waals surface area contributed by atoms with Crippen molar-refractivity contribution in [3.05, 3.63) is 59.4 Å². The second-order valence-electron chi connectivity index (χ2n) is 6.69. The van der Waals surface area contributed by atoms with Crippen molar-refractivity contribution in [2.45, 2.75) is 50.5 Å². The molecule has 0 aromatic heterocycles. The number of sulfonamides is 1. The number of hydrogen-bond donors (Lipinski definition) is 0. The summed E-state index contributed by atoms with van der Waals surface area (Å²) in [5.41, 5.74) is 2.43. The molecular weight excluding hydrogens is 325 g/mol. The van der Waals surface area contributed by atoms with Crippen molar-refractivity contribution >= 4 is 15.7 Å². The molecule has 0 spiro atoms. The maximum absolute atomic E-state index is 13.5. The van der Waals surface area contributed by atoms with E-state index in [0.717, 1.165) is 11.1 Å². The van der Waals surface area contributed by atoms with E-state index in [1.165, 1.54) is 16.4 Å². The number of anilines is 1. The Hall–Kier alpha value is -1.88. The van der Waals surface area contributed by atoms with E-state index in [1.807, 2.05) is 19.1 Å². The third-order valence-corrected chi connectivity index (χ3v) is 6.56. The minimum absolute atomic E-state index is 0.155. The van der Waals surface area contributed by atoms with E-state index in [1.54, 1.807) is 18.2 Å². The summed E-state index contributed by atoms with van der Waals surface area (Å²) in [4.78, 5) is 0.274. The molecule has 0 amide bonds. The molecule has 5 heteroatoms. The van der Waals surface area contributed by atoms with Gasteiger partial charge in [0.05, 0.1) is 10.6 Å². The van der Waals surface area contributed by atoms with Crippen LogP contribution in [-0.2, 0) is 16.4 Å². The Balaban J connectivity index is 2.06. The van der Waals surface area contributed by atoms with Crippen LogP contribution in [0.2, 0.25) is 0 Å². The predicted octanol–water partition coefficient (Wildman–Crippen LogP) is 4.48. The van der Waals surface area contributed by atoms with Gasteiger partial charge in [-0.05, 0) is 67.1 Å². The van der Waals surface area contributed by atoms with Crippen molar-refractivity contribution in [3.63, 3.8) is 0 Å². The van der Waals surface area contributed by atoms with Gasteiger partial charge in [-0.1, -0.05) is 26.0 Å². The van der Waals surface area contributed by atoms with Gasteiger partial charge < -0.3 is 0 Å². The zero-order valence-electron chi connectivity index (χ0n) is 14.2. The summed E-state index contributed by atoms with van der Waals surface area (Å²) < 4.78 is 41.2. The van der Waals surface area contributed by atoms with Gasteiger partial charge in [0.25, 0.3) is 10.0 Å². The molecule has 0 saturated heterocycles. The number of benzene rings is 2. The van der Waals surface area contributed by atoms with Crippen molar-refractivity contribution < 1.29 is 12.8 Å². The molecule has 3 rings (SSSR count). The van der Waals surface area contributed by atoms with E-state index in [2.05, 4.69) is 13.8 Å². The number of fused-ring (bicyclic) bond motifs is 1. The fourth-order valence-electron chi connectivity index (χ4n) is 3.19. The van der Waals surface area contributed by atoms with Gasteiger partial charge in [0, 0.05) is 6.04 Å². The van der Waals surface area contributed by atoms with Gasteiger partial charge in [-0.25, -0.2) is 12.8 Å². The Morgan fingerprint density at radius 2 is 1.79 bits per heavy atom.